The summed E-state index contributed by atoms with van der Waals surface area (Å²) >= 11 is 0. The average Bonchev–Trinajstić information content (AvgIpc) is 3.26. The van der Waals surface area contributed by atoms with Crippen LogP contribution in [0.5, 0.6) is 11.5 Å². The first-order valence-electron chi connectivity index (χ1n) is 10.6. The van der Waals surface area contributed by atoms with Crippen molar-refractivity contribution in [1.82, 2.24) is 14.9 Å². The van der Waals surface area contributed by atoms with Gasteiger partial charge in [0, 0.05) is 43.5 Å². The minimum atomic E-state index is -0.334. The van der Waals surface area contributed by atoms with E-state index in [9.17, 15) is 9.18 Å². The molecule has 1 aliphatic heterocycles. The van der Waals surface area contributed by atoms with Gasteiger partial charge in [0.25, 0.3) is 0 Å². The number of amides is 1. The predicted molar refractivity (Wildman–Crippen MR) is 122 cm³/mol. The Balaban J connectivity index is 1.86. The number of halogens is 1. The number of benzene rings is 2. The van der Waals surface area contributed by atoms with Crippen LogP contribution >= 0.6 is 0 Å². The lowest BCUT2D eigenvalue weighted by Crippen LogP contribution is -2.15. The lowest BCUT2D eigenvalue weighted by atomic mass is 10.00. The molecule has 1 aliphatic rings. The third-order valence-electron chi connectivity index (χ3n) is 5.43. The zero-order valence-corrected chi connectivity index (χ0v) is 18.2. The molecule has 4 rings (SSSR count). The molecule has 6 nitrogen and oxygen atoms in total. The number of nitrogens with zero attached hydrogens (tertiary/aromatic N) is 2. The van der Waals surface area contributed by atoms with E-state index in [1.54, 1.807) is 25.4 Å². The Morgan fingerprint density at radius 2 is 1.97 bits per heavy atom. The number of allylic oxidation sites excluding steroid dienone is 3. The van der Waals surface area contributed by atoms with Gasteiger partial charge in [-0.1, -0.05) is 12.2 Å². The van der Waals surface area contributed by atoms with Gasteiger partial charge in [0.1, 0.15) is 22.9 Å². The number of hydrogen-bond acceptors (Lipinski definition) is 4. The number of hydrogen-bond donors (Lipinski definition) is 1. The molecule has 1 aromatic heterocycles. The summed E-state index contributed by atoms with van der Waals surface area (Å²) in [4.78, 5) is 21.0. The summed E-state index contributed by atoms with van der Waals surface area (Å²) in [5.41, 5.74) is 3.11. The molecule has 0 atom stereocenters. The zero-order chi connectivity index (χ0) is 22.5. The molecule has 32 heavy (non-hydrogen) atoms. The van der Waals surface area contributed by atoms with Crippen molar-refractivity contribution < 1.29 is 18.7 Å². The van der Waals surface area contributed by atoms with Crippen LogP contribution in [0.4, 0.5) is 4.39 Å². The molecule has 0 aliphatic carbocycles. The van der Waals surface area contributed by atoms with E-state index < -0.39 is 0 Å². The fourth-order valence-electron chi connectivity index (χ4n) is 3.82. The summed E-state index contributed by atoms with van der Waals surface area (Å²) in [6, 6.07) is 9.79. The van der Waals surface area contributed by atoms with Gasteiger partial charge in [-0.05, 0) is 56.2 Å². The Morgan fingerprint density at radius 3 is 2.66 bits per heavy atom. The van der Waals surface area contributed by atoms with Gasteiger partial charge in [0.05, 0.1) is 5.52 Å². The summed E-state index contributed by atoms with van der Waals surface area (Å²) in [5.74, 6) is 1.92. The van der Waals surface area contributed by atoms with E-state index in [1.165, 1.54) is 17.0 Å². The van der Waals surface area contributed by atoms with Crippen molar-refractivity contribution in [3.8, 4) is 11.5 Å². The maximum atomic E-state index is 13.4. The van der Waals surface area contributed by atoms with Crippen LogP contribution in [0.25, 0.3) is 16.6 Å². The Bertz CT molecular complexity index is 1150. The fourth-order valence-corrected chi connectivity index (χ4v) is 3.82. The number of fused-ring (bicyclic) bond motifs is 1. The van der Waals surface area contributed by atoms with Crippen molar-refractivity contribution in [2.24, 2.45) is 0 Å². The number of ether oxygens (including phenoxy) is 2. The molecule has 1 amide bonds. The van der Waals surface area contributed by atoms with Crippen LogP contribution < -0.4 is 4.74 Å². The monoisotopic (exact) mass is 435 g/mol. The first-order chi connectivity index (χ1) is 15.6. The molecule has 0 unspecified atom stereocenters. The van der Waals surface area contributed by atoms with Gasteiger partial charge >= 0.3 is 0 Å². The van der Waals surface area contributed by atoms with E-state index in [4.69, 9.17) is 14.5 Å². The van der Waals surface area contributed by atoms with E-state index in [0.717, 1.165) is 54.9 Å². The molecule has 166 valence electrons. The molecule has 2 heterocycles. The smallest absolute Gasteiger partial charge is 0.213 e. The topological polar surface area (TPSA) is 67.5 Å². The molecule has 1 fully saturated rings. The number of nitrogens with one attached hydrogen (secondary N) is 1. The van der Waals surface area contributed by atoms with E-state index in [1.807, 2.05) is 31.2 Å². The van der Waals surface area contributed by atoms with E-state index in [-0.39, 0.29) is 5.82 Å². The van der Waals surface area contributed by atoms with Crippen molar-refractivity contribution in [2.45, 2.75) is 25.7 Å². The third kappa shape index (κ3) is 4.73. The highest BCUT2D eigenvalue weighted by Gasteiger charge is 2.22. The van der Waals surface area contributed by atoms with Crippen LogP contribution in [-0.2, 0) is 9.53 Å². The van der Waals surface area contributed by atoms with Gasteiger partial charge in [-0.2, -0.15) is 0 Å². The van der Waals surface area contributed by atoms with Crippen LogP contribution in [-0.4, -0.2) is 41.5 Å². The third-order valence-corrected chi connectivity index (χ3v) is 5.43. The first-order valence-corrected chi connectivity index (χ1v) is 10.6. The number of rotatable bonds is 7. The standard InChI is InChI=1S/C25H26FN3O3/c1-3-4-18(15-29(2)16-30)21-9-10-22-23(24(21)32-20-7-5-19(26)6-8-20)28-25(27-22)17-11-13-31-14-12-17/h3-10,15-17H,11-14H2,1-2H3,(H,27,28)/b4-3-,18-15+. The van der Waals surface area contributed by atoms with Crippen LogP contribution in [0.1, 0.15) is 37.1 Å². The molecular formula is C25H26FN3O3. The van der Waals surface area contributed by atoms with E-state index in [0.29, 0.717) is 22.9 Å². The average molecular weight is 435 g/mol. The lowest BCUT2D eigenvalue weighted by Gasteiger charge is -2.19. The van der Waals surface area contributed by atoms with Crippen molar-refractivity contribution in [2.75, 3.05) is 20.3 Å². The highest BCUT2D eigenvalue weighted by atomic mass is 19.1. The van der Waals surface area contributed by atoms with E-state index >= 15 is 0 Å². The summed E-state index contributed by atoms with van der Waals surface area (Å²) in [6.45, 7) is 3.35. The molecule has 0 spiro atoms. The number of carbonyl (C=O) groups excluding carboxylic acids is 1. The van der Waals surface area contributed by atoms with Crippen molar-refractivity contribution in [1.29, 1.82) is 0 Å². The minimum absolute atomic E-state index is 0.296. The highest BCUT2D eigenvalue weighted by Crippen LogP contribution is 2.38. The lowest BCUT2D eigenvalue weighted by molar-refractivity contribution is -0.114. The maximum absolute atomic E-state index is 13.4. The van der Waals surface area contributed by atoms with E-state index in [2.05, 4.69) is 4.98 Å². The van der Waals surface area contributed by atoms with Gasteiger partial charge in [0.15, 0.2) is 5.75 Å². The summed E-state index contributed by atoms with van der Waals surface area (Å²) in [5, 5.41) is 0. The predicted octanol–water partition coefficient (Wildman–Crippen LogP) is 5.39. The number of aromatic nitrogens is 2. The molecule has 3 aromatic rings. The number of imidazole rings is 1. The van der Waals surface area contributed by atoms with Gasteiger partial charge < -0.3 is 19.4 Å². The van der Waals surface area contributed by atoms with Crippen molar-refractivity contribution in [3.05, 3.63) is 72.0 Å². The van der Waals surface area contributed by atoms with Crippen LogP contribution in [0, 0.1) is 5.82 Å². The Morgan fingerprint density at radius 1 is 1.22 bits per heavy atom. The number of H-pyrrole nitrogens is 1. The van der Waals surface area contributed by atoms with Crippen LogP contribution in [0.15, 0.2) is 54.8 Å². The molecular weight excluding hydrogens is 409 g/mol. The molecule has 1 saturated heterocycles. The maximum Gasteiger partial charge on any atom is 0.213 e. The largest absolute Gasteiger partial charge is 0.454 e. The van der Waals surface area contributed by atoms with Crippen LogP contribution in [0.3, 0.4) is 0 Å². The fraction of sp³-hybridized carbons (Fsp3) is 0.280. The molecule has 0 saturated carbocycles. The summed E-state index contributed by atoms with van der Waals surface area (Å²) in [6.07, 6.45) is 8.10. The van der Waals surface area contributed by atoms with Crippen molar-refractivity contribution in [3.63, 3.8) is 0 Å². The second-order valence-corrected chi connectivity index (χ2v) is 7.76. The van der Waals surface area contributed by atoms with Gasteiger partial charge in [0.2, 0.25) is 6.41 Å². The summed E-state index contributed by atoms with van der Waals surface area (Å²) < 4.78 is 25.2. The highest BCUT2D eigenvalue weighted by molar-refractivity contribution is 5.91. The summed E-state index contributed by atoms with van der Waals surface area (Å²) in [7, 11) is 1.67. The Hall–Kier alpha value is -3.45. The van der Waals surface area contributed by atoms with Gasteiger partial charge in [-0.25, -0.2) is 9.37 Å². The van der Waals surface area contributed by atoms with Crippen LogP contribution in [0.2, 0.25) is 0 Å². The Kier molecular flexibility index (Phi) is 6.66. The number of aromatic amines is 1. The molecule has 1 N–H and O–H groups in total. The van der Waals surface area contributed by atoms with Crippen molar-refractivity contribution >= 4 is 23.0 Å². The minimum Gasteiger partial charge on any atom is -0.454 e. The Labute approximate surface area is 186 Å². The normalized spacial score (nSPS) is 15.4. The zero-order valence-electron chi connectivity index (χ0n) is 18.2. The number of carbonyl (C=O) groups is 1. The molecule has 7 heteroatoms. The quantitative estimate of drug-likeness (QED) is 0.399. The first kappa shape index (κ1) is 21.8. The molecule has 0 bridgehead atoms. The second-order valence-electron chi connectivity index (χ2n) is 7.76. The molecule has 0 radical (unpaired) electrons. The second kappa shape index (κ2) is 9.78. The van der Waals surface area contributed by atoms with Gasteiger partial charge in [-0.3, -0.25) is 4.79 Å². The SMILES string of the molecule is C/C=C\C(=C/N(C)C=O)c1ccc2[nH]c(C3CCOCC3)nc2c1Oc1ccc(F)cc1. The molecule has 2 aromatic carbocycles. The van der Waals surface area contributed by atoms with Gasteiger partial charge in [-0.15, -0.1) is 0 Å².